The van der Waals surface area contributed by atoms with Crippen LogP contribution in [0.1, 0.15) is 35.8 Å². The smallest absolute Gasteiger partial charge is 0.272 e. The van der Waals surface area contributed by atoms with E-state index in [4.69, 9.17) is 0 Å². The molecule has 0 radical (unpaired) electrons. The third-order valence-electron chi connectivity index (χ3n) is 5.92. The molecule has 5 rings (SSSR count). The zero-order chi connectivity index (χ0) is 21.9. The molecule has 0 spiro atoms. The van der Waals surface area contributed by atoms with Gasteiger partial charge in [-0.15, -0.1) is 0 Å². The predicted molar refractivity (Wildman–Crippen MR) is 127 cm³/mol. The maximum absolute atomic E-state index is 13.1. The number of nitrogens with one attached hydrogen (secondary N) is 1. The number of benzene rings is 2. The summed E-state index contributed by atoms with van der Waals surface area (Å²) in [6.45, 7) is 2.98. The van der Waals surface area contributed by atoms with Crippen molar-refractivity contribution in [3.8, 4) is 22.5 Å². The molecule has 1 aliphatic carbocycles. The summed E-state index contributed by atoms with van der Waals surface area (Å²) >= 11 is 0. The summed E-state index contributed by atoms with van der Waals surface area (Å²) < 4.78 is 2.08. The lowest BCUT2D eigenvalue weighted by Gasteiger charge is -2.09. The molecule has 5 heteroatoms. The monoisotopic (exact) mass is 422 g/mol. The standard InChI is InChI=1S/C27H26N4O/c1-2-19-10-12-24(13-11-19)30-27(32)25-14-22(18-31(25)17-20-8-9-20)23-15-28-26(29-16-23)21-6-4-3-5-7-21/h3-7,10-16,18,20H,2,8-9,17H2,1H3,(H,30,32). The van der Waals surface area contributed by atoms with Crippen LogP contribution in [0.15, 0.2) is 79.3 Å². The van der Waals surface area contributed by atoms with Gasteiger partial charge in [-0.3, -0.25) is 4.79 Å². The van der Waals surface area contributed by atoms with E-state index in [2.05, 4.69) is 38.9 Å². The fourth-order valence-corrected chi connectivity index (χ4v) is 3.82. The Morgan fingerprint density at radius 1 is 0.969 bits per heavy atom. The van der Waals surface area contributed by atoms with E-state index < -0.39 is 0 Å². The molecule has 1 saturated carbocycles. The third-order valence-corrected chi connectivity index (χ3v) is 5.92. The van der Waals surface area contributed by atoms with E-state index in [1.165, 1.54) is 18.4 Å². The van der Waals surface area contributed by atoms with E-state index in [1.807, 2.05) is 67.1 Å². The minimum atomic E-state index is -0.0945. The molecule has 2 aromatic carbocycles. The van der Waals surface area contributed by atoms with Crippen molar-refractivity contribution in [3.05, 3.63) is 90.5 Å². The zero-order valence-electron chi connectivity index (χ0n) is 18.2. The van der Waals surface area contributed by atoms with Crippen LogP contribution in [-0.2, 0) is 13.0 Å². The van der Waals surface area contributed by atoms with Crippen molar-refractivity contribution in [2.24, 2.45) is 5.92 Å². The van der Waals surface area contributed by atoms with Gasteiger partial charge in [0.2, 0.25) is 0 Å². The van der Waals surface area contributed by atoms with E-state index in [9.17, 15) is 4.79 Å². The van der Waals surface area contributed by atoms with Gasteiger partial charge < -0.3 is 9.88 Å². The summed E-state index contributed by atoms with van der Waals surface area (Å²) in [4.78, 5) is 22.2. The lowest BCUT2D eigenvalue weighted by Crippen LogP contribution is -2.17. The van der Waals surface area contributed by atoms with E-state index in [0.717, 1.165) is 35.3 Å². The third kappa shape index (κ3) is 4.47. The Bertz CT molecular complexity index is 1210. The fourth-order valence-electron chi connectivity index (χ4n) is 3.82. The summed E-state index contributed by atoms with van der Waals surface area (Å²) in [5, 5.41) is 3.05. The second-order valence-electron chi connectivity index (χ2n) is 8.38. The first kappa shape index (κ1) is 20.2. The summed E-state index contributed by atoms with van der Waals surface area (Å²) in [7, 11) is 0. The highest BCUT2D eigenvalue weighted by molar-refractivity contribution is 6.04. The topological polar surface area (TPSA) is 59.8 Å². The van der Waals surface area contributed by atoms with Crippen molar-refractivity contribution in [2.75, 3.05) is 5.32 Å². The molecule has 1 aliphatic rings. The molecule has 0 atom stereocenters. The van der Waals surface area contributed by atoms with Gasteiger partial charge >= 0.3 is 0 Å². The van der Waals surface area contributed by atoms with Gasteiger partial charge in [0.05, 0.1) is 0 Å². The molecule has 0 aliphatic heterocycles. The molecule has 32 heavy (non-hydrogen) atoms. The summed E-state index contributed by atoms with van der Waals surface area (Å²) in [5.74, 6) is 1.26. The number of aromatic nitrogens is 3. The Balaban J connectivity index is 1.40. The van der Waals surface area contributed by atoms with Crippen LogP contribution in [0.3, 0.4) is 0 Å². The van der Waals surface area contributed by atoms with E-state index in [1.54, 1.807) is 0 Å². The highest BCUT2D eigenvalue weighted by Crippen LogP contribution is 2.33. The van der Waals surface area contributed by atoms with Crippen molar-refractivity contribution in [1.82, 2.24) is 14.5 Å². The van der Waals surface area contributed by atoms with Gasteiger partial charge in [-0.2, -0.15) is 0 Å². The molecular formula is C27H26N4O. The average Bonchev–Trinajstić information content (AvgIpc) is 3.56. The number of carbonyl (C=O) groups excluding carboxylic acids is 1. The number of hydrogen-bond acceptors (Lipinski definition) is 3. The molecule has 2 heterocycles. The van der Waals surface area contributed by atoms with Crippen LogP contribution in [0.5, 0.6) is 0 Å². The van der Waals surface area contributed by atoms with Gasteiger partial charge in [0.1, 0.15) is 5.69 Å². The summed E-state index contributed by atoms with van der Waals surface area (Å²) in [5.41, 5.74) is 5.57. The molecule has 0 saturated heterocycles. The van der Waals surface area contributed by atoms with Gasteiger partial charge in [0.25, 0.3) is 5.91 Å². The lowest BCUT2D eigenvalue weighted by molar-refractivity contribution is 0.101. The van der Waals surface area contributed by atoms with Gasteiger partial charge in [-0.1, -0.05) is 49.4 Å². The molecule has 1 amide bonds. The molecule has 5 nitrogen and oxygen atoms in total. The van der Waals surface area contributed by atoms with E-state index >= 15 is 0 Å². The minimum Gasteiger partial charge on any atom is -0.343 e. The number of hydrogen-bond donors (Lipinski definition) is 1. The van der Waals surface area contributed by atoms with Crippen LogP contribution in [0.2, 0.25) is 0 Å². The first-order valence-corrected chi connectivity index (χ1v) is 11.2. The minimum absolute atomic E-state index is 0.0945. The number of rotatable bonds is 7. The van der Waals surface area contributed by atoms with Gasteiger partial charge in [-0.25, -0.2) is 9.97 Å². The van der Waals surface area contributed by atoms with Crippen LogP contribution in [0, 0.1) is 5.92 Å². The van der Waals surface area contributed by atoms with Crippen molar-refractivity contribution >= 4 is 11.6 Å². The Kier molecular flexibility index (Phi) is 5.55. The van der Waals surface area contributed by atoms with Crippen LogP contribution in [0.4, 0.5) is 5.69 Å². The first-order valence-electron chi connectivity index (χ1n) is 11.2. The summed E-state index contributed by atoms with van der Waals surface area (Å²) in [6, 6.07) is 19.9. The lowest BCUT2D eigenvalue weighted by atomic mass is 10.1. The molecule has 160 valence electrons. The molecule has 2 aromatic heterocycles. The molecule has 0 unspecified atom stereocenters. The quantitative estimate of drug-likeness (QED) is 0.407. The average molecular weight is 423 g/mol. The van der Waals surface area contributed by atoms with E-state index in [0.29, 0.717) is 17.4 Å². The normalized spacial score (nSPS) is 13.2. The van der Waals surface area contributed by atoms with Crippen molar-refractivity contribution in [2.45, 2.75) is 32.7 Å². The van der Waals surface area contributed by atoms with Crippen molar-refractivity contribution in [3.63, 3.8) is 0 Å². The number of aryl methyl sites for hydroxylation is 1. The fraction of sp³-hybridized carbons (Fsp3) is 0.222. The maximum atomic E-state index is 13.1. The number of anilines is 1. The molecular weight excluding hydrogens is 396 g/mol. The number of amides is 1. The molecule has 1 fully saturated rings. The Morgan fingerprint density at radius 3 is 2.34 bits per heavy atom. The van der Waals surface area contributed by atoms with Gasteiger partial charge in [-0.05, 0) is 48.9 Å². The van der Waals surface area contributed by atoms with Gasteiger partial charge in [0, 0.05) is 47.5 Å². The predicted octanol–water partition coefficient (Wildman–Crippen LogP) is 5.84. The van der Waals surface area contributed by atoms with Crippen LogP contribution in [0.25, 0.3) is 22.5 Å². The van der Waals surface area contributed by atoms with Crippen molar-refractivity contribution < 1.29 is 4.79 Å². The first-order chi connectivity index (χ1) is 15.7. The highest BCUT2D eigenvalue weighted by atomic mass is 16.1. The Morgan fingerprint density at radius 2 is 1.69 bits per heavy atom. The van der Waals surface area contributed by atoms with Crippen LogP contribution < -0.4 is 5.32 Å². The number of carbonyl (C=O) groups is 1. The van der Waals surface area contributed by atoms with Crippen LogP contribution in [-0.4, -0.2) is 20.4 Å². The highest BCUT2D eigenvalue weighted by Gasteiger charge is 2.25. The second kappa shape index (κ2) is 8.79. The molecule has 1 N–H and O–H groups in total. The Hall–Kier alpha value is -3.73. The molecule has 4 aromatic rings. The summed E-state index contributed by atoms with van der Waals surface area (Å²) in [6.07, 6.45) is 9.14. The number of nitrogens with zero attached hydrogens (tertiary/aromatic N) is 3. The maximum Gasteiger partial charge on any atom is 0.272 e. The van der Waals surface area contributed by atoms with E-state index in [-0.39, 0.29) is 5.91 Å². The Labute approximate surface area is 188 Å². The molecule has 0 bridgehead atoms. The van der Waals surface area contributed by atoms with Gasteiger partial charge in [0.15, 0.2) is 5.82 Å². The zero-order valence-corrected chi connectivity index (χ0v) is 18.2. The second-order valence-corrected chi connectivity index (χ2v) is 8.38. The van der Waals surface area contributed by atoms with Crippen LogP contribution >= 0.6 is 0 Å². The SMILES string of the molecule is CCc1ccc(NC(=O)c2cc(-c3cnc(-c4ccccc4)nc3)cn2CC2CC2)cc1. The van der Waals surface area contributed by atoms with Crippen molar-refractivity contribution in [1.29, 1.82) is 0 Å². The largest absolute Gasteiger partial charge is 0.343 e.